The summed E-state index contributed by atoms with van der Waals surface area (Å²) in [5.41, 5.74) is -0.132. The number of morpholine rings is 1. The number of hydrogen-bond acceptors (Lipinski definition) is 5. The Hall–Kier alpha value is -1.70. The first-order valence-electron chi connectivity index (χ1n) is 7.44. The number of ether oxygens (including phenoxy) is 2. The molecule has 2 aliphatic rings. The number of aromatic nitrogens is 1. The monoisotopic (exact) mass is 308 g/mol. The van der Waals surface area contributed by atoms with Crippen LogP contribution < -0.4 is 5.56 Å². The molecule has 1 aromatic heterocycles. The normalized spacial score (nSPS) is 26.2. The van der Waals surface area contributed by atoms with Crippen molar-refractivity contribution in [2.75, 3.05) is 39.5 Å². The molecule has 22 heavy (non-hydrogen) atoms. The molecular formula is C15H20N2O5. The lowest BCUT2D eigenvalue weighted by Gasteiger charge is -2.35. The molecule has 0 unspecified atom stereocenters. The molecule has 3 heterocycles. The molecule has 0 bridgehead atoms. The quantitative estimate of drug-likeness (QED) is 0.855. The van der Waals surface area contributed by atoms with Crippen LogP contribution in [0.15, 0.2) is 17.1 Å². The van der Waals surface area contributed by atoms with E-state index in [-0.39, 0.29) is 17.6 Å². The molecule has 2 aliphatic heterocycles. The van der Waals surface area contributed by atoms with E-state index in [1.54, 1.807) is 19.2 Å². The SMILES string of the molecule is Cc1ccn([C@H]2COC[C@@H]2N2CCOCC2)c(=O)c1C(=O)O. The van der Waals surface area contributed by atoms with Crippen LogP contribution in [-0.2, 0) is 9.47 Å². The molecule has 0 spiro atoms. The van der Waals surface area contributed by atoms with Crippen LogP contribution in [-0.4, -0.2) is 66.1 Å². The molecule has 0 amide bonds. The molecule has 0 aromatic carbocycles. The first-order valence-corrected chi connectivity index (χ1v) is 7.44. The maximum Gasteiger partial charge on any atom is 0.341 e. The van der Waals surface area contributed by atoms with Crippen molar-refractivity contribution in [3.8, 4) is 0 Å². The molecule has 2 saturated heterocycles. The second-order valence-corrected chi connectivity index (χ2v) is 5.71. The molecule has 2 atom stereocenters. The van der Waals surface area contributed by atoms with Gasteiger partial charge < -0.3 is 19.1 Å². The average Bonchev–Trinajstić information content (AvgIpc) is 2.97. The van der Waals surface area contributed by atoms with Gasteiger partial charge in [0.2, 0.25) is 0 Å². The first kappa shape index (κ1) is 15.2. The van der Waals surface area contributed by atoms with Gasteiger partial charge in [-0.25, -0.2) is 4.79 Å². The summed E-state index contributed by atoms with van der Waals surface area (Å²) in [6, 6.07) is 1.59. The lowest BCUT2D eigenvalue weighted by molar-refractivity contribution is 0.00851. The molecule has 0 aliphatic carbocycles. The Bertz CT molecular complexity index is 621. The van der Waals surface area contributed by atoms with Gasteiger partial charge in [0, 0.05) is 19.3 Å². The van der Waals surface area contributed by atoms with E-state index in [1.165, 1.54) is 4.57 Å². The van der Waals surface area contributed by atoms with E-state index in [9.17, 15) is 14.7 Å². The minimum Gasteiger partial charge on any atom is -0.477 e. The Labute approximate surface area is 128 Å². The topological polar surface area (TPSA) is 81.0 Å². The van der Waals surface area contributed by atoms with Crippen molar-refractivity contribution in [2.45, 2.75) is 19.0 Å². The van der Waals surface area contributed by atoms with E-state index in [2.05, 4.69) is 4.90 Å². The smallest absolute Gasteiger partial charge is 0.341 e. The van der Waals surface area contributed by atoms with E-state index in [0.717, 1.165) is 13.1 Å². The Morgan fingerprint density at radius 2 is 1.91 bits per heavy atom. The summed E-state index contributed by atoms with van der Waals surface area (Å²) < 4.78 is 12.5. The second-order valence-electron chi connectivity index (χ2n) is 5.71. The summed E-state index contributed by atoms with van der Waals surface area (Å²) >= 11 is 0. The maximum absolute atomic E-state index is 12.5. The van der Waals surface area contributed by atoms with Gasteiger partial charge in [-0.1, -0.05) is 0 Å². The van der Waals surface area contributed by atoms with Crippen molar-refractivity contribution in [3.63, 3.8) is 0 Å². The minimum atomic E-state index is -1.18. The van der Waals surface area contributed by atoms with Crippen LogP contribution in [0.1, 0.15) is 22.0 Å². The van der Waals surface area contributed by atoms with Gasteiger partial charge >= 0.3 is 5.97 Å². The standard InChI is InChI=1S/C15H20N2O5/c1-10-2-3-17(14(18)13(10)15(19)20)12-9-22-8-11(12)16-4-6-21-7-5-16/h2-3,11-12H,4-9H2,1H3,(H,19,20)/t11-,12-/m0/s1. The number of carbonyl (C=O) groups is 1. The first-order chi connectivity index (χ1) is 10.6. The van der Waals surface area contributed by atoms with Gasteiger partial charge in [0.1, 0.15) is 5.56 Å². The third kappa shape index (κ3) is 2.67. The van der Waals surface area contributed by atoms with Crippen molar-refractivity contribution in [1.29, 1.82) is 0 Å². The van der Waals surface area contributed by atoms with Crippen molar-refractivity contribution in [1.82, 2.24) is 9.47 Å². The summed E-state index contributed by atoms with van der Waals surface area (Å²) in [7, 11) is 0. The van der Waals surface area contributed by atoms with Crippen LogP contribution in [0.25, 0.3) is 0 Å². The van der Waals surface area contributed by atoms with Crippen LogP contribution in [0.3, 0.4) is 0 Å². The van der Waals surface area contributed by atoms with E-state index < -0.39 is 11.5 Å². The molecular weight excluding hydrogens is 288 g/mol. The van der Waals surface area contributed by atoms with Gasteiger partial charge in [-0.15, -0.1) is 0 Å². The number of carboxylic acid groups (broad SMARTS) is 1. The lowest BCUT2D eigenvalue weighted by Crippen LogP contribution is -2.48. The van der Waals surface area contributed by atoms with Gasteiger partial charge in [0.25, 0.3) is 5.56 Å². The summed E-state index contributed by atoms with van der Waals surface area (Å²) in [4.78, 5) is 26.1. The second kappa shape index (κ2) is 6.20. The zero-order valence-corrected chi connectivity index (χ0v) is 12.5. The predicted octanol–water partition coefficient (Wildman–Crippen LogP) is 0.127. The average molecular weight is 308 g/mol. The third-order valence-corrected chi connectivity index (χ3v) is 4.44. The zero-order chi connectivity index (χ0) is 15.7. The van der Waals surface area contributed by atoms with Crippen molar-refractivity contribution < 1.29 is 19.4 Å². The molecule has 0 radical (unpaired) electrons. The Morgan fingerprint density at radius 3 is 2.59 bits per heavy atom. The van der Waals surface area contributed by atoms with E-state index >= 15 is 0 Å². The largest absolute Gasteiger partial charge is 0.477 e. The van der Waals surface area contributed by atoms with Crippen LogP contribution in [0.2, 0.25) is 0 Å². The molecule has 1 N–H and O–H groups in total. The van der Waals surface area contributed by atoms with Gasteiger partial charge in [0.15, 0.2) is 0 Å². The van der Waals surface area contributed by atoms with Gasteiger partial charge in [-0.05, 0) is 18.6 Å². The Kier molecular flexibility index (Phi) is 4.28. The highest BCUT2D eigenvalue weighted by molar-refractivity contribution is 5.88. The fourth-order valence-corrected chi connectivity index (χ4v) is 3.22. The molecule has 0 saturated carbocycles. The predicted molar refractivity (Wildman–Crippen MR) is 78.4 cm³/mol. The molecule has 1 aromatic rings. The van der Waals surface area contributed by atoms with Crippen molar-refractivity contribution in [3.05, 3.63) is 33.7 Å². The number of pyridine rings is 1. The van der Waals surface area contributed by atoms with Crippen LogP contribution >= 0.6 is 0 Å². The fraction of sp³-hybridized carbons (Fsp3) is 0.600. The number of rotatable bonds is 3. The molecule has 7 nitrogen and oxygen atoms in total. The number of carboxylic acids is 1. The minimum absolute atomic E-state index is 0.0750. The highest BCUT2D eigenvalue weighted by Crippen LogP contribution is 2.24. The van der Waals surface area contributed by atoms with E-state index in [1.807, 2.05) is 0 Å². The van der Waals surface area contributed by atoms with Crippen LogP contribution in [0.5, 0.6) is 0 Å². The van der Waals surface area contributed by atoms with Gasteiger partial charge in [-0.3, -0.25) is 9.69 Å². The van der Waals surface area contributed by atoms with E-state index in [4.69, 9.17) is 9.47 Å². The number of aryl methyl sites for hydroxylation is 1. The molecule has 3 rings (SSSR count). The third-order valence-electron chi connectivity index (χ3n) is 4.44. The maximum atomic E-state index is 12.5. The van der Waals surface area contributed by atoms with Crippen LogP contribution in [0, 0.1) is 6.92 Å². The Balaban J connectivity index is 1.94. The lowest BCUT2D eigenvalue weighted by atomic mass is 10.1. The highest BCUT2D eigenvalue weighted by atomic mass is 16.5. The molecule has 120 valence electrons. The summed E-state index contributed by atoms with van der Waals surface area (Å²) in [6.45, 7) is 5.56. The molecule has 7 heteroatoms. The van der Waals surface area contributed by atoms with Gasteiger partial charge in [0.05, 0.1) is 38.5 Å². The zero-order valence-electron chi connectivity index (χ0n) is 12.5. The van der Waals surface area contributed by atoms with Crippen molar-refractivity contribution in [2.24, 2.45) is 0 Å². The number of aromatic carboxylic acids is 1. The van der Waals surface area contributed by atoms with E-state index in [0.29, 0.717) is 32.0 Å². The summed E-state index contributed by atoms with van der Waals surface area (Å²) in [5, 5.41) is 9.26. The highest BCUT2D eigenvalue weighted by Gasteiger charge is 2.36. The van der Waals surface area contributed by atoms with Crippen LogP contribution in [0.4, 0.5) is 0 Å². The number of nitrogens with zero attached hydrogens (tertiary/aromatic N) is 2. The Morgan fingerprint density at radius 1 is 1.23 bits per heavy atom. The van der Waals surface area contributed by atoms with Crippen molar-refractivity contribution >= 4 is 5.97 Å². The van der Waals surface area contributed by atoms with Gasteiger partial charge in [-0.2, -0.15) is 0 Å². The summed E-state index contributed by atoms with van der Waals surface area (Å²) in [5.74, 6) is -1.18. The summed E-state index contributed by atoms with van der Waals surface area (Å²) in [6.07, 6.45) is 1.68. The fourth-order valence-electron chi connectivity index (χ4n) is 3.22. The number of hydrogen-bond donors (Lipinski definition) is 1. The molecule has 2 fully saturated rings.